The SMILES string of the molecule is CN=C(NCc1ccc(F)cc1CSC)NCc1ccccc1-n1cccn1. The first-order chi connectivity index (χ1) is 13.7. The number of aliphatic imine (C=N–C) groups is 1. The van der Waals surface area contributed by atoms with E-state index in [0.717, 1.165) is 28.1 Å². The molecule has 28 heavy (non-hydrogen) atoms. The summed E-state index contributed by atoms with van der Waals surface area (Å²) < 4.78 is 15.4. The molecule has 0 spiro atoms. The normalized spacial score (nSPS) is 11.5. The van der Waals surface area contributed by atoms with E-state index in [9.17, 15) is 4.39 Å². The van der Waals surface area contributed by atoms with Gasteiger partial charge in [-0.2, -0.15) is 16.9 Å². The number of nitrogens with zero attached hydrogens (tertiary/aromatic N) is 3. The molecule has 3 aromatic rings. The van der Waals surface area contributed by atoms with Crippen LogP contribution in [0.25, 0.3) is 5.69 Å². The molecule has 1 aromatic heterocycles. The van der Waals surface area contributed by atoms with Gasteiger partial charge in [0.1, 0.15) is 5.82 Å². The number of para-hydroxylation sites is 1. The Hall–Kier alpha value is -2.80. The monoisotopic (exact) mass is 397 g/mol. The van der Waals surface area contributed by atoms with Gasteiger partial charge in [0, 0.05) is 38.3 Å². The summed E-state index contributed by atoms with van der Waals surface area (Å²) >= 11 is 1.68. The summed E-state index contributed by atoms with van der Waals surface area (Å²) in [6, 6.07) is 14.9. The van der Waals surface area contributed by atoms with Gasteiger partial charge in [0.25, 0.3) is 0 Å². The third-order valence-corrected chi connectivity index (χ3v) is 4.93. The molecule has 0 radical (unpaired) electrons. The molecule has 2 aromatic carbocycles. The average molecular weight is 398 g/mol. The lowest BCUT2D eigenvalue weighted by Crippen LogP contribution is -2.36. The maximum Gasteiger partial charge on any atom is 0.191 e. The van der Waals surface area contributed by atoms with Gasteiger partial charge >= 0.3 is 0 Å². The quantitative estimate of drug-likeness (QED) is 0.471. The van der Waals surface area contributed by atoms with Crippen LogP contribution < -0.4 is 10.6 Å². The molecular weight excluding hydrogens is 373 g/mol. The van der Waals surface area contributed by atoms with Gasteiger partial charge in [-0.25, -0.2) is 9.07 Å². The van der Waals surface area contributed by atoms with Crippen LogP contribution in [0.2, 0.25) is 0 Å². The van der Waals surface area contributed by atoms with E-state index in [2.05, 4.69) is 26.8 Å². The Bertz CT molecular complexity index is 924. The average Bonchev–Trinajstić information content (AvgIpc) is 3.24. The van der Waals surface area contributed by atoms with Gasteiger partial charge in [0.2, 0.25) is 0 Å². The molecule has 0 aliphatic carbocycles. The highest BCUT2D eigenvalue weighted by Crippen LogP contribution is 2.17. The van der Waals surface area contributed by atoms with Crippen LogP contribution in [-0.4, -0.2) is 29.0 Å². The molecule has 0 saturated carbocycles. The van der Waals surface area contributed by atoms with Crippen LogP contribution in [0.15, 0.2) is 65.9 Å². The summed E-state index contributed by atoms with van der Waals surface area (Å²) in [5, 5.41) is 11.0. The van der Waals surface area contributed by atoms with Crippen LogP contribution in [0.1, 0.15) is 16.7 Å². The second-order valence-corrected chi connectivity index (χ2v) is 7.07. The van der Waals surface area contributed by atoms with E-state index in [-0.39, 0.29) is 5.82 Å². The Morgan fingerprint density at radius 3 is 2.57 bits per heavy atom. The number of aromatic nitrogens is 2. The highest BCUT2D eigenvalue weighted by Gasteiger charge is 2.07. The number of hydrogen-bond acceptors (Lipinski definition) is 3. The smallest absolute Gasteiger partial charge is 0.191 e. The van der Waals surface area contributed by atoms with E-state index in [1.54, 1.807) is 31.1 Å². The third kappa shape index (κ3) is 5.13. The molecule has 0 unspecified atom stereocenters. The van der Waals surface area contributed by atoms with Crippen molar-refractivity contribution in [2.45, 2.75) is 18.8 Å². The number of nitrogens with one attached hydrogen (secondary N) is 2. The van der Waals surface area contributed by atoms with Crippen molar-refractivity contribution < 1.29 is 4.39 Å². The van der Waals surface area contributed by atoms with Crippen LogP contribution in [-0.2, 0) is 18.8 Å². The van der Waals surface area contributed by atoms with Crippen molar-refractivity contribution >= 4 is 17.7 Å². The molecule has 0 bridgehead atoms. The zero-order chi connectivity index (χ0) is 19.8. The molecular formula is C21H24FN5S. The molecule has 0 fully saturated rings. The minimum absolute atomic E-state index is 0.203. The molecule has 0 aliphatic rings. The lowest BCUT2D eigenvalue weighted by atomic mass is 10.1. The van der Waals surface area contributed by atoms with Crippen molar-refractivity contribution in [1.82, 2.24) is 20.4 Å². The molecule has 5 nitrogen and oxygen atoms in total. The number of benzene rings is 2. The molecule has 146 valence electrons. The number of thioether (sulfide) groups is 1. The number of halogens is 1. The van der Waals surface area contributed by atoms with E-state index in [4.69, 9.17) is 0 Å². The van der Waals surface area contributed by atoms with Gasteiger partial charge in [-0.3, -0.25) is 4.99 Å². The Kier molecular flexibility index (Phi) is 7.08. The van der Waals surface area contributed by atoms with Crippen molar-refractivity contribution in [3.8, 4) is 5.69 Å². The largest absolute Gasteiger partial charge is 0.352 e. The van der Waals surface area contributed by atoms with Crippen molar-refractivity contribution in [3.05, 3.63) is 83.4 Å². The summed E-state index contributed by atoms with van der Waals surface area (Å²) in [5.41, 5.74) is 4.20. The van der Waals surface area contributed by atoms with Crippen molar-refractivity contribution in [2.24, 2.45) is 4.99 Å². The number of hydrogen-bond donors (Lipinski definition) is 2. The maximum absolute atomic E-state index is 13.5. The van der Waals surface area contributed by atoms with Gasteiger partial charge in [0.15, 0.2) is 5.96 Å². The second-order valence-electron chi connectivity index (χ2n) is 6.20. The lowest BCUT2D eigenvalue weighted by molar-refractivity contribution is 0.625. The Morgan fingerprint density at radius 1 is 1.07 bits per heavy atom. The van der Waals surface area contributed by atoms with E-state index >= 15 is 0 Å². The molecule has 3 rings (SSSR count). The standard InChI is InChI=1S/C21H24FN5S/c1-23-21(24-13-16-8-9-19(22)12-18(16)15-28-2)25-14-17-6-3-4-7-20(17)27-11-5-10-26-27/h3-12H,13-15H2,1-2H3,(H2,23,24,25). The molecule has 7 heteroatoms. The highest BCUT2D eigenvalue weighted by atomic mass is 32.2. The van der Waals surface area contributed by atoms with Gasteiger partial charge < -0.3 is 10.6 Å². The fourth-order valence-electron chi connectivity index (χ4n) is 2.93. The maximum atomic E-state index is 13.5. The summed E-state index contributed by atoms with van der Waals surface area (Å²) in [6.45, 7) is 1.19. The first kappa shape index (κ1) is 19.9. The van der Waals surface area contributed by atoms with Gasteiger partial charge in [-0.1, -0.05) is 24.3 Å². The highest BCUT2D eigenvalue weighted by molar-refractivity contribution is 7.97. The van der Waals surface area contributed by atoms with E-state index in [0.29, 0.717) is 19.0 Å². The zero-order valence-electron chi connectivity index (χ0n) is 16.0. The van der Waals surface area contributed by atoms with Crippen LogP contribution in [0.5, 0.6) is 0 Å². The van der Waals surface area contributed by atoms with Gasteiger partial charge in [0.05, 0.1) is 5.69 Å². The molecule has 0 amide bonds. The minimum Gasteiger partial charge on any atom is -0.352 e. The van der Waals surface area contributed by atoms with Crippen molar-refractivity contribution in [3.63, 3.8) is 0 Å². The molecule has 1 heterocycles. The van der Waals surface area contributed by atoms with Gasteiger partial charge in [-0.05, 0) is 47.2 Å². The van der Waals surface area contributed by atoms with Crippen LogP contribution in [0.3, 0.4) is 0 Å². The van der Waals surface area contributed by atoms with Crippen molar-refractivity contribution in [1.29, 1.82) is 0 Å². The second kappa shape index (κ2) is 9.94. The van der Waals surface area contributed by atoms with Crippen LogP contribution >= 0.6 is 11.8 Å². The molecule has 0 aliphatic heterocycles. The summed E-state index contributed by atoms with van der Waals surface area (Å²) in [6.07, 6.45) is 5.70. The summed E-state index contributed by atoms with van der Waals surface area (Å²) in [4.78, 5) is 4.30. The van der Waals surface area contributed by atoms with E-state index < -0.39 is 0 Å². The fourth-order valence-corrected chi connectivity index (χ4v) is 3.51. The van der Waals surface area contributed by atoms with Crippen LogP contribution in [0.4, 0.5) is 4.39 Å². The van der Waals surface area contributed by atoms with Crippen LogP contribution in [0, 0.1) is 5.82 Å². The van der Waals surface area contributed by atoms with E-state index in [1.807, 2.05) is 47.5 Å². The summed E-state index contributed by atoms with van der Waals surface area (Å²) in [7, 11) is 1.74. The van der Waals surface area contributed by atoms with E-state index in [1.165, 1.54) is 6.07 Å². The Morgan fingerprint density at radius 2 is 1.86 bits per heavy atom. The predicted octanol–water partition coefficient (Wildman–Crippen LogP) is 3.74. The number of guanidine groups is 1. The Balaban J connectivity index is 1.64. The first-order valence-electron chi connectivity index (χ1n) is 9.00. The molecule has 0 saturated heterocycles. The topological polar surface area (TPSA) is 54.2 Å². The third-order valence-electron chi connectivity index (χ3n) is 4.33. The molecule has 0 atom stereocenters. The predicted molar refractivity (Wildman–Crippen MR) is 114 cm³/mol. The minimum atomic E-state index is -0.203. The summed E-state index contributed by atoms with van der Waals surface area (Å²) in [5.74, 6) is 1.26. The zero-order valence-corrected chi connectivity index (χ0v) is 16.8. The lowest BCUT2D eigenvalue weighted by Gasteiger charge is -2.15. The van der Waals surface area contributed by atoms with Gasteiger partial charge in [-0.15, -0.1) is 0 Å². The molecule has 2 N–H and O–H groups in total. The Labute approximate surface area is 169 Å². The number of rotatable bonds is 7. The first-order valence-corrected chi connectivity index (χ1v) is 10.4. The fraction of sp³-hybridized carbons (Fsp3) is 0.238. The van der Waals surface area contributed by atoms with Crippen molar-refractivity contribution in [2.75, 3.05) is 13.3 Å².